The van der Waals surface area contributed by atoms with Crippen molar-refractivity contribution >= 4 is 0 Å². The van der Waals surface area contributed by atoms with Crippen LogP contribution in [0.3, 0.4) is 0 Å². The van der Waals surface area contributed by atoms with E-state index in [4.69, 9.17) is 0 Å². The Balaban J connectivity index is 2.18. The second-order valence-electron chi connectivity index (χ2n) is 6.30. The molecule has 1 atom stereocenters. The van der Waals surface area contributed by atoms with Gasteiger partial charge in [0.05, 0.1) is 18.0 Å². The van der Waals surface area contributed by atoms with Crippen molar-refractivity contribution in [3.63, 3.8) is 0 Å². The molecule has 0 amide bonds. The van der Waals surface area contributed by atoms with Crippen LogP contribution in [0.15, 0.2) is 30.6 Å². The number of pyridine rings is 1. The number of fused-ring (bicyclic) bond motifs is 1. The highest BCUT2D eigenvalue weighted by Gasteiger charge is 2.34. The Morgan fingerprint density at radius 2 is 2.21 bits per heavy atom. The average molecular weight is 256 g/mol. The Morgan fingerprint density at radius 3 is 2.89 bits per heavy atom. The summed E-state index contributed by atoms with van der Waals surface area (Å²) in [7, 11) is 0. The van der Waals surface area contributed by atoms with Gasteiger partial charge in [-0.25, -0.2) is 0 Å². The summed E-state index contributed by atoms with van der Waals surface area (Å²) in [4.78, 5) is 4.20. The van der Waals surface area contributed by atoms with E-state index in [0.29, 0.717) is 0 Å². The van der Waals surface area contributed by atoms with Crippen LogP contribution in [0.25, 0.3) is 5.69 Å². The van der Waals surface area contributed by atoms with Crippen LogP contribution in [0.5, 0.6) is 0 Å². The molecule has 2 heterocycles. The van der Waals surface area contributed by atoms with Gasteiger partial charge in [-0.1, -0.05) is 13.8 Å². The lowest BCUT2D eigenvalue weighted by Crippen LogP contribution is -2.26. The van der Waals surface area contributed by atoms with E-state index in [9.17, 15) is 5.11 Å². The standard InChI is InChI=1S/C16H20N2O/c1-11-7-13-14(8-16(2,3)9-15(13)19)18(11)12-5-4-6-17-10-12/h4-7,10,15,19H,8-9H2,1-3H3. The van der Waals surface area contributed by atoms with Crippen LogP contribution in [0.4, 0.5) is 0 Å². The minimum atomic E-state index is -0.352. The van der Waals surface area contributed by atoms with Gasteiger partial charge in [0.2, 0.25) is 0 Å². The molecule has 1 aliphatic carbocycles. The molecular formula is C16H20N2O. The number of hydrogen-bond acceptors (Lipinski definition) is 2. The third-order valence-corrected chi connectivity index (χ3v) is 3.98. The molecule has 1 aliphatic rings. The number of aromatic nitrogens is 2. The fourth-order valence-electron chi connectivity index (χ4n) is 3.19. The Bertz CT molecular complexity index is 599. The molecule has 1 unspecified atom stereocenters. The van der Waals surface area contributed by atoms with Crippen LogP contribution in [0.1, 0.15) is 43.3 Å². The average Bonchev–Trinajstić information content (AvgIpc) is 2.65. The molecule has 0 radical (unpaired) electrons. The van der Waals surface area contributed by atoms with Gasteiger partial charge in [-0.2, -0.15) is 0 Å². The van der Waals surface area contributed by atoms with Crippen molar-refractivity contribution in [2.45, 2.75) is 39.7 Å². The smallest absolute Gasteiger partial charge is 0.0812 e. The first-order valence-corrected chi connectivity index (χ1v) is 6.77. The largest absolute Gasteiger partial charge is 0.388 e. The molecule has 3 heteroatoms. The first-order chi connectivity index (χ1) is 8.98. The zero-order chi connectivity index (χ0) is 13.6. The van der Waals surface area contributed by atoms with E-state index in [1.165, 1.54) is 5.69 Å². The van der Waals surface area contributed by atoms with Crippen molar-refractivity contribution in [1.29, 1.82) is 0 Å². The van der Waals surface area contributed by atoms with Crippen LogP contribution >= 0.6 is 0 Å². The molecule has 0 bridgehead atoms. The molecule has 0 saturated heterocycles. The van der Waals surface area contributed by atoms with Gasteiger partial charge in [0, 0.05) is 23.1 Å². The highest BCUT2D eigenvalue weighted by molar-refractivity contribution is 5.42. The van der Waals surface area contributed by atoms with E-state index >= 15 is 0 Å². The van der Waals surface area contributed by atoms with Gasteiger partial charge < -0.3 is 9.67 Å². The summed E-state index contributed by atoms with van der Waals surface area (Å²) in [6.07, 6.45) is 5.13. The lowest BCUT2D eigenvalue weighted by Gasteiger charge is -2.34. The molecule has 2 aromatic rings. The minimum absolute atomic E-state index is 0.136. The fourth-order valence-corrected chi connectivity index (χ4v) is 3.19. The molecule has 100 valence electrons. The summed E-state index contributed by atoms with van der Waals surface area (Å²) in [5.74, 6) is 0. The molecule has 0 spiro atoms. The van der Waals surface area contributed by atoms with E-state index in [2.05, 4.69) is 42.5 Å². The molecule has 3 rings (SSSR count). The predicted octanol–water partition coefficient (Wildman–Crippen LogP) is 3.19. The van der Waals surface area contributed by atoms with E-state index in [1.807, 2.05) is 12.3 Å². The summed E-state index contributed by atoms with van der Waals surface area (Å²) in [5, 5.41) is 10.4. The Kier molecular flexibility index (Phi) is 2.75. The maximum atomic E-state index is 10.4. The van der Waals surface area contributed by atoms with Crippen molar-refractivity contribution < 1.29 is 5.11 Å². The van der Waals surface area contributed by atoms with Gasteiger partial charge >= 0.3 is 0 Å². The van der Waals surface area contributed by atoms with Crippen LogP contribution in [-0.4, -0.2) is 14.7 Å². The molecule has 0 saturated carbocycles. The normalized spacial score (nSPS) is 21.2. The van der Waals surface area contributed by atoms with Gasteiger partial charge in [0.15, 0.2) is 0 Å². The quantitative estimate of drug-likeness (QED) is 0.851. The third kappa shape index (κ3) is 2.08. The molecular weight excluding hydrogens is 236 g/mol. The lowest BCUT2D eigenvalue weighted by atomic mass is 9.75. The van der Waals surface area contributed by atoms with Crippen molar-refractivity contribution in [1.82, 2.24) is 9.55 Å². The van der Waals surface area contributed by atoms with Crippen LogP contribution in [0, 0.1) is 12.3 Å². The lowest BCUT2D eigenvalue weighted by molar-refractivity contribution is 0.0987. The summed E-state index contributed by atoms with van der Waals surface area (Å²) < 4.78 is 2.23. The fraction of sp³-hybridized carbons (Fsp3) is 0.438. The van der Waals surface area contributed by atoms with Gasteiger partial charge in [-0.05, 0) is 43.4 Å². The molecule has 3 nitrogen and oxygen atoms in total. The van der Waals surface area contributed by atoms with Crippen molar-refractivity contribution in [2.24, 2.45) is 5.41 Å². The Hall–Kier alpha value is -1.61. The molecule has 0 aromatic carbocycles. The monoisotopic (exact) mass is 256 g/mol. The van der Waals surface area contributed by atoms with Crippen LogP contribution in [0.2, 0.25) is 0 Å². The minimum Gasteiger partial charge on any atom is -0.388 e. The topological polar surface area (TPSA) is 38.0 Å². The van der Waals surface area contributed by atoms with Crippen molar-refractivity contribution in [3.05, 3.63) is 47.5 Å². The molecule has 2 aromatic heterocycles. The number of aliphatic hydroxyl groups is 1. The third-order valence-electron chi connectivity index (χ3n) is 3.98. The number of nitrogens with zero attached hydrogens (tertiary/aromatic N) is 2. The SMILES string of the molecule is Cc1cc2c(n1-c1cccnc1)CC(C)(C)CC2O. The Labute approximate surface area is 113 Å². The van der Waals surface area contributed by atoms with E-state index in [0.717, 1.165) is 29.8 Å². The number of hydrogen-bond donors (Lipinski definition) is 1. The summed E-state index contributed by atoms with van der Waals surface area (Å²) in [5.41, 5.74) is 4.69. The number of aryl methyl sites for hydroxylation is 1. The first kappa shape index (κ1) is 12.4. The summed E-state index contributed by atoms with van der Waals surface area (Å²) in [6, 6.07) is 6.13. The predicted molar refractivity (Wildman–Crippen MR) is 75.4 cm³/mol. The maximum Gasteiger partial charge on any atom is 0.0812 e. The van der Waals surface area contributed by atoms with Gasteiger partial charge in [-0.3, -0.25) is 4.98 Å². The van der Waals surface area contributed by atoms with Crippen molar-refractivity contribution in [3.8, 4) is 5.69 Å². The van der Waals surface area contributed by atoms with Crippen LogP contribution < -0.4 is 0 Å². The summed E-state index contributed by atoms with van der Waals surface area (Å²) >= 11 is 0. The van der Waals surface area contributed by atoms with Crippen LogP contribution in [-0.2, 0) is 6.42 Å². The molecule has 1 N–H and O–H groups in total. The van der Waals surface area contributed by atoms with Crippen molar-refractivity contribution in [2.75, 3.05) is 0 Å². The second-order valence-corrected chi connectivity index (χ2v) is 6.30. The van der Waals surface area contributed by atoms with E-state index in [1.54, 1.807) is 6.20 Å². The second kappa shape index (κ2) is 4.20. The van der Waals surface area contributed by atoms with E-state index < -0.39 is 0 Å². The zero-order valence-electron chi connectivity index (χ0n) is 11.7. The number of rotatable bonds is 1. The molecule has 0 fully saturated rings. The Morgan fingerprint density at radius 1 is 1.42 bits per heavy atom. The van der Waals surface area contributed by atoms with Gasteiger partial charge in [0.25, 0.3) is 0 Å². The maximum absolute atomic E-state index is 10.4. The summed E-state index contributed by atoms with van der Waals surface area (Å²) in [6.45, 7) is 6.52. The highest BCUT2D eigenvalue weighted by atomic mass is 16.3. The molecule has 19 heavy (non-hydrogen) atoms. The first-order valence-electron chi connectivity index (χ1n) is 6.77. The van der Waals surface area contributed by atoms with Gasteiger partial charge in [0.1, 0.15) is 0 Å². The zero-order valence-corrected chi connectivity index (χ0v) is 11.7. The van der Waals surface area contributed by atoms with Gasteiger partial charge in [-0.15, -0.1) is 0 Å². The van der Waals surface area contributed by atoms with E-state index in [-0.39, 0.29) is 11.5 Å². The number of aliphatic hydroxyl groups excluding tert-OH is 1. The molecule has 0 aliphatic heterocycles. The highest BCUT2D eigenvalue weighted by Crippen LogP contribution is 2.42.